The summed E-state index contributed by atoms with van der Waals surface area (Å²) in [6.07, 6.45) is 7.07. The first-order chi connectivity index (χ1) is 27.2. The van der Waals surface area contributed by atoms with Crippen LogP contribution in [0, 0.1) is 24.7 Å². The maximum Gasteiger partial charge on any atom is 0.242 e. The van der Waals surface area contributed by atoms with Gasteiger partial charge in [0.1, 0.15) is 6.29 Å². The van der Waals surface area contributed by atoms with Crippen molar-refractivity contribution in [3.05, 3.63) is 29.8 Å². The number of nitrogens with two attached hydrogens (primary N) is 1. The van der Waals surface area contributed by atoms with Crippen molar-refractivity contribution in [2.45, 2.75) is 143 Å². The van der Waals surface area contributed by atoms with Gasteiger partial charge >= 0.3 is 0 Å². The van der Waals surface area contributed by atoms with E-state index in [1.807, 2.05) is 63.9 Å². The molecular weight excluding hydrogens is 725 g/mol. The number of piperidine rings is 1. The van der Waals surface area contributed by atoms with E-state index in [0.717, 1.165) is 50.5 Å². The lowest BCUT2D eigenvalue weighted by Crippen LogP contribution is -2.55. The molecule has 1 aliphatic carbocycles. The topological polar surface area (TPSA) is 167 Å². The van der Waals surface area contributed by atoms with Crippen LogP contribution in [0.15, 0.2) is 24.3 Å². The van der Waals surface area contributed by atoms with E-state index in [1.165, 1.54) is 12.0 Å². The Morgan fingerprint density at radius 1 is 1.09 bits per heavy atom. The van der Waals surface area contributed by atoms with E-state index in [1.54, 1.807) is 33.2 Å². The van der Waals surface area contributed by atoms with E-state index >= 15 is 0 Å². The van der Waals surface area contributed by atoms with Crippen molar-refractivity contribution in [2.75, 3.05) is 67.3 Å². The predicted molar refractivity (Wildman–Crippen MR) is 232 cm³/mol. The van der Waals surface area contributed by atoms with Crippen LogP contribution in [-0.2, 0) is 28.7 Å². The second-order valence-corrected chi connectivity index (χ2v) is 15.4. The third kappa shape index (κ3) is 17.3. The van der Waals surface area contributed by atoms with Crippen LogP contribution < -0.4 is 16.4 Å². The summed E-state index contributed by atoms with van der Waals surface area (Å²) < 4.78 is 11.5. The molecule has 0 spiro atoms. The molecule has 13 nitrogen and oxygen atoms in total. The Labute approximate surface area is 346 Å². The van der Waals surface area contributed by atoms with Gasteiger partial charge in [0.05, 0.1) is 49.9 Å². The monoisotopic (exact) mass is 807 g/mol. The van der Waals surface area contributed by atoms with Crippen molar-refractivity contribution in [3.63, 3.8) is 0 Å². The number of aryl methyl sites for hydroxylation is 1. The molecule has 330 valence electrons. The number of anilines is 1. The number of likely N-dealkylation sites (tertiary alicyclic amines) is 2. The smallest absolute Gasteiger partial charge is 0.242 e. The van der Waals surface area contributed by atoms with Crippen LogP contribution in [0.1, 0.15) is 105 Å². The fourth-order valence-electron chi connectivity index (χ4n) is 8.06. The number of rotatable bonds is 16. The maximum absolute atomic E-state index is 13.6. The highest BCUT2D eigenvalue weighted by Crippen LogP contribution is 2.41. The summed E-state index contributed by atoms with van der Waals surface area (Å²) in [5.74, 6) is -0.231. The lowest BCUT2D eigenvalue weighted by atomic mass is 9.90. The highest BCUT2D eigenvalue weighted by Gasteiger charge is 2.47. The zero-order chi connectivity index (χ0) is 43.7. The third-order valence-corrected chi connectivity index (χ3v) is 11.1. The number of nitrogens with one attached hydrogen (secondary N) is 2. The predicted octanol–water partition coefficient (Wildman–Crippen LogP) is 4.92. The molecular formula is C44H82N6O7. The lowest BCUT2D eigenvalue weighted by molar-refractivity contribution is -0.145. The van der Waals surface area contributed by atoms with Crippen molar-refractivity contribution in [3.8, 4) is 0 Å². The molecule has 2 saturated heterocycles. The number of ether oxygens (including phenoxy) is 2. The van der Waals surface area contributed by atoms with E-state index in [0.29, 0.717) is 25.0 Å². The number of hydrogen-bond donors (Lipinski definition) is 4. The molecule has 2 aliphatic heterocycles. The molecule has 3 fully saturated rings. The lowest BCUT2D eigenvalue weighted by Gasteiger charge is -2.39. The first-order valence-electron chi connectivity index (χ1n) is 21.3. The molecule has 57 heavy (non-hydrogen) atoms. The molecule has 2 heterocycles. The maximum atomic E-state index is 13.6. The summed E-state index contributed by atoms with van der Waals surface area (Å²) in [5.41, 5.74) is 7.51. The number of aliphatic hydroxyl groups excluding tert-OH is 1. The molecule has 2 bridgehead atoms. The Morgan fingerprint density at radius 2 is 1.74 bits per heavy atom. The molecule has 13 heteroatoms. The number of aldehydes is 1. The van der Waals surface area contributed by atoms with Crippen LogP contribution >= 0.6 is 0 Å². The number of likely N-dealkylation sites (N-methyl/N-ethyl adjacent to an activating group) is 3. The molecule has 3 amide bonds. The number of nitrogens with zero attached hydrogens (tertiary/aromatic N) is 3. The van der Waals surface area contributed by atoms with Gasteiger partial charge in [-0.15, -0.1) is 0 Å². The second kappa shape index (κ2) is 30.0. The van der Waals surface area contributed by atoms with Gasteiger partial charge < -0.3 is 45.5 Å². The van der Waals surface area contributed by atoms with E-state index in [4.69, 9.17) is 20.3 Å². The van der Waals surface area contributed by atoms with Gasteiger partial charge in [0, 0.05) is 52.0 Å². The first-order valence-corrected chi connectivity index (χ1v) is 21.3. The number of benzene rings is 1. The summed E-state index contributed by atoms with van der Waals surface area (Å²) in [4.78, 5) is 56.9. The van der Waals surface area contributed by atoms with Gasteiger partial charge in [-0.1, -0.05) is 73.4 Å². The van der Waals surface area contributed by atoms with Crippen molar-refractivity contribution in [1.82, 2.24) is 25.3 Å². The minimum Gasteiger partial charge on any atom is -0.399 e. The van der Waals surface area contributed by atoms with Crippen LogP contribution in [0.5, 0.6) is 0 Å². The zero-order valence-electron chi connectivity index (χ0n) is 37.9. The molecule has 1 aromatic rings. The molecule has 9 atom stereocenters. The average Bonchev–Trinajstić information content (AvgIpc) is 3.96. The Hall–Kier alpha value is -3.10. The van der Waals surface area contributed by atoms with E-state index < -0.39 is 6.10 Å². The molecule has 0 aromatic heterocycles. The number of hydrogen-bond acceptors (Lipinski definition) is 10. The molecule has 5 N–H and O–H groups in total. The Balaban J connectivity index is 0.00000144. The molecule has 1 saturated carbocycles. The van der Waals surface area contributed by atoms with Gasteiger partial charge in [0.15, 0.2) is 0 Å². The van der Waals surface area contributed by atoms with Crippen molar-refractivity contribution < 1.29 is 33.8 Å². The zero-order valence-corrected chi connectivity index (χ0v) is 37.9. The van der Waals surface area contributed by atoms with Gasteiger partial charge in [0.2, 0.25) is 17.7 Å². The van der Waals surface area contributed by atoms with Crippen molar-refractivity contribution in [1.29, 1.82) is 0 Å². The molecule has 0 radical (unpaired) electrons. The van der Waals surface area contributed by atoms with Crippen LogP contribution in [0.25, 0.3) is 0 Å². The molecule has 4 rings (SSSR count). The highest BCUT2D eigenvalue weighted by atomic mass is 16.5. The van der Waals surface area contributed by atoms with Gasteiger partial charge in [-0.2, -0.15) is 0 Å². The Kier molecular flexibility index (Phi) is 28.4. The number of carbonyl (C=O) groups is 4. The number of amides is 3. The summed E-state index contributed by atoms with van der Waals surface area (Å²) in [6.45, 7) is 17.6. The number of fused-ring (bicyclic) bond motifs is 2. The Morgan fingerprint density at radius 3 is 2.18 bits per heavy atom. The summed E-state index contributed by atoms with van der Waals surface area (Å²) in [5, 5.41) is 13.7. The molecule has 1 aromatic carbocycles. The highest BCUT2D eigenvalue weighted by molar-refractivity contribution is 5.88. The number of nitrogen functional groups attached to an aromatic ring is 1. The van der Waals surface area contributed by atoms with Gasteiger partial charge in [-0.05, 0) is 82.7 Å². The molecule has 3 aliphatic rings. The van der Waals surface area contributed by atoms with Crippen molar-refractivity contribution >= 4 is 29.7 Å². The standard InChI is InChI=1S/C29H50N4O6.C7H9N.C3H9NO.C3H8.C2H6/c1-8-18(2)26(32(5)25(36)16-30-29(37)27-20-11-12-21(14-20)31(27)4)23(38-6)15-24(35)33-13-9-10-22(33)28(39-7)19(3)17-34;1-6-3-2-4-7(8)5-6;1-4-2-3-5;1-3-2;1-2/h17-23,26-28H,8-16H2,1-7H3,(H,30,37);2-5H,8H2,1H3;4-5H,2-3H2,1H3;3H2,1-2H3;1-2H3. The number of aliphatic hydroxyl groups is 1. The largest absolute Gasteiger partial charge is 0.399 e. The Bertz CT molecular complexity index is 1250. The SMILES string of the molecule is CC.CCC.CCC(C)C(C(CC(=O)N1CCCC1C(OC)C(C)C=O)OC)N(C)C(=O)CNC(=O)C1C2CCC(C2)N1C.CNCCO.Cc1cccc(N)c1. The number of carbonyl (C=O) groups excluding carboxylic acids is 4. The summed E-state index contributed by atoms with van der Waals surface area (Å²) >= 11 is 0. The number of methoxy groups -OCH3 is 2. The van der Waals surface area contributed by atoms with Gasteiger partial charge in [-0.25, -0.2) is 0 Å². The van der Waals surface area contributed by atoms with Gasteiger partial charge in [0.25, 0.3) is 0 Å². The normalized spacial score (nSPS) is 22.0. The summed E-state index contributed by atoms with van der Waals surface area (Å²) in [7, 11) is 8.69. The second-order valence-electron chi connectivity index (χ2n) is 15.4. The third-order valence-electron chi connectivity index (χ3n) is 11.1. The minimum absolute atomic E-state index is 0.0636. The van der Waals surface area contributed by atoms with Crippen LogP contribution in [0.3, 0.4) is 0 Å². The first kappa shape index (κ1) is 53.9. The minimum atomic E-state index is -0.514. The van der Waals surface area contributed by atoms with E-state index in [2.05, 4.69) is 43.2 Å². The van der Waals surface area contributed by atoms with E-state index in [9.17, 15) is 19.2 Å². The van der Waals surface area contributed by atoms with Crippen LogP contribution in [0.4, 0.5) is 5.69 Å². The molecule has 9 unspecified atom stereocenters. The summed E-state index contributed by atoms with van der Waals surface area (Å²) in [6, 6.07) is 7.60. The fourth-order valence-corrected chi connectivity index (χ4v) is 8.06. The van der Waals surface area contributed by atoms with E-state index in [-0.39, 0.29) is 73.4 Å². The van der Waals surface area contributed by atoms with Gasteiger partial charge in [-0.3, -0.25) is 19.3 Å². The average molecular weight is 807 g/mol. The van der Waals surface area contributed by atoms with Crippen LogP contribution in [0.2, 0.25) is 0 Å². The fraction of sp³-hybridized carbons (Fsp3) is 0.773. The van der Waals surface area contributed by atoms with Crippen molar-refractivity contribution in [2.24, 2.45) is 17.8 Å². The quantitative estimate of drug-likeness (QED) is 0.133. The van der Waals surface area contributed by atoms with Crippen LogP contribution in [-0.4, -0.2) is 142 Å².